The van der Waals surface area contributed by atoms with E-state index in [-0.39, 0.29) is 12.1 Å². The summed E-state index contributed by atoms with van der Waals surface area (Å²) in [6, 6.07) is 8.76. The number of anilines is 1. The fourth-order valence-electron chi connectivity index (χ4n) is 2.97. The third-order valence-corrected chi connectivity index (χ3v) is 4.14. The highest BCUT2D eigenvalue weighted by atomic mass is 16.5. The average Bonchev–Trinajstić information content (AvgIpc) is 2.76. The van der Waals surface area contributed by atoms with Crippen LogP contribution in [0, 0.1) is 6.92 Å². The predicted octanol–water partition coefficient (Wildman–Crippen LogP) is 3.81. The molecule has 1 heterocycles. The molecule has 1 aliphatic rings. The van der Waals surface area contributed by atoms with Gasteiger partial charge in [0.05, 0.1) is 11.7 Å². The van der Waals surface area contributed by atoms with E-state index in [2.05, 4.69) is 43.2 Å². The Bertz CT molecular complexity index is 645. The molecular weight excluding hydrogens is 262 g/mol. The molecule has 1 atom stereocenters. The quantitative estimate of drug-likeness (QED) is 0.933. The summed E-state index contributed by atoms with van der Waals surface area (Å²) in [5, 5.41) is 4.50. The number of nitrogens with zero attached hydrogens (tertiary/aromatic N) is 2. The number of aryl methyl sites for hydroxylation is 2. The van der Waals surface area contributed by atoms with Crippen LogP contribution in [0.5, 0.6) is 5.88 Å². The summed E-state index contributed by atoms with van der Waals surface area (Å²) in [5.74, 6) is 0.712. The maximum absolute atomic E-state index is 6.30. The van der Waals surface area contributed by atoms with Gasteiger partial charge >= 0.3 is 0 Å². The van der Waals surface area contributed by atoms with Gasteiger partial charge in [0.1, 0.15) is 11.8 Å². The lowest BCUT2D eigenvalue weighted by atomic mass is 9.89. The van der Waals surface area contributed by atoms with Crippen LogP contribution in [0.15, 0.2) is 24.3 Å². The number of benzene rings is 1. The van der Waals surface area contributed by atoms with Gasteiger partial charge in [0.15, 0.2) is 0 Å². The van der Waals surface area contributed by atoms with E-state index in [0.29, 0.717) is 11.6 Å². The van der Waals surface area contributed by atoms with Crippen molar-refractivity contribution >= 4 is 5.69 Å². The predicted molar refractivity (Wildman–Crippen MR) is 84.5 cm³/mol. The molecule has 0 bridgehead atoms. The second-order valence-electron chi connectivity index (χ2n) is 6.04. The maximum Gasteiger partial charge on any atom is 0.236 e. The second kappa shape index (κ2) is 5.43. The summed E-state index contributed by atoms with van der Waals surface area (Å²) in [7, 11) is 0. The molecule has 0 aliphatic heterocycles. The average molecular weight is 285 g/mol. The molecular formula is C17H23N3O. The Labute approximate surface area is 125 Å². The van der Waals surface area contributed by atoms with Gasteiger partial charge in [-0.25, -0.2) is 4.68 Å². The molecule has 3 rings (SSSR count). The topological polar surface area (TPSA) is 53.1 Å². The van der Waals surface area contributed by atoms with Crippen molar-refractivity contribution in [2.45, 2.75) is 52.2 Å². The first kappa shape index (κ1) is 14.0. The molecule has 1 aliphatic carbocycles. The van der Waals surface area contributed by atoms with Crippen LogP contribution in [0.2, 0.25) is 0 Å². The van der Waals surface area contributed by atoms with Gasteiger partial charge in [0, 0.05) is 0 Å². The lowest BCUT2D eigenvalue weighted by Gasteiger charge is -2.27. The Morgan fingerprint density at radius 2 is 2.10 bits per heavy atom. The van der Waals surface area contributed by atoms with Crippen molar-refractivity contribution in [1.29, 1.82) is 0 Å². The van der Waals surface area contributed by atoms with Crippen molar-refractivity contribution in [3.05, 3.63) is 41.1 Å². The van der Waals surface area contributed by atoms with E-state index < -0.39 is 0 Å². The largest absolute Gasteiger partial charge is 0.468 e. The molecule has 21 heavy (non-hydrogen) atoms. The number of hydrogen-bond donors (Lipinski definition) is 1. The zero-order chi connectivity index (χ0) is 15.0. The van der Waals surface area contributed by atoms with E-state index in [0.717, 1.165) is 25.0 Å². The third-order valence-electron chi connectivity index (χ3n) is 4.14. The number of ether oxygens (including phenoxy) is 1. The summed E-state index contributed by atoms with van der Waals surface area (Å²) in [4.78, 5) is 0. The van der Waals surface area contributed by atoms with Crippen LogP contribution in [0.1, 0.15) is 55.7 Å². The normalized spacial score (nSPS) is 17.8. The van der Waals surface area contributed by atoms with Crippen molar-refractivity contribution < 1.29 is 4.74 Å². The summed E-state index contributed by atoms with van der Waals surface area (Å²) >= 11 is 0. The van der Waals surface area contributed by atoms with Gasteiger partial charge in [-0.1, -0.05) is 24.3 Å². The minimum atomic E-state index is 0.0749. The van der Waals surface area contributed by atoms with E-state index in [4.69, 9.17) is 10.5 Å². The van der Waals surface area contributed by atoms with Crippen molar-refractivity contribution in [3.63, 3.8) is 0 Å². The molecule has 0 radical (unpaired) electrons. The number of aromatic nitrogens is 2. The highest BCUT2D eigenvalue weighted by molar-refractivity contribution is 5.53. The van der Waals surface area contributed by atoms with E-state index in [1.807, 2.05) is 11.6 Å². The summed E-state index contributed by atoms with van der Waals surface area (Å²) in [6.07, 6.45) is 3.38. The van der Waals surface area contributed by atoms with Crippen molar-refractivity contribution in [2.24, 2.45) is 0 Å². The Hall–Kier alpha value is -1.97. The molecule has 0 spiro atoms. The van der Waals surface area contributed by atoms with Gasteiger partial charge in [0.2, 0.25) is 5.88 Å². The first-order chi connectivity index (χ1) is 10.1. The smallest absolute Gasteiger partial charge is 0.236 e. The highest BCUT2D eigenvalue weighted by Gasteiger charge is 2.25. The molecule has 1 aromatic heterocycles. The van der Waals surface area contributed by atoms with Crippen LogP contribution in [0.4, 0.5) is 5.69 Å². The molecule has 0 saturated heterocycles. The minimum absolute atomic E-state index is 0.0749. The number of fused-ring (bicyclic) bond motifs is 1. The van der Waals surface area contributed by atoms with Crippen LogP contribution in [-0.4, -0.2) is 9.78 Å². The highest BCUT2D eigenvalue weighted by Crippen LogP contribution is 2.37. The van der Waals surface area contributed by atoms with Crippen LogP contribution in [0.25, 0.3) is 0 Å². The number of rotatable bonds is 3. The summed E-state index contributed by atoms with van der Waals surface area (Å²) in [6.45, 7) is 6.11. The van der Waals surface area contributed by atoms with E-state index in [1.54, 1.807) is 0 Å². The van der Waals surface area contributed by atoms with Gasteiger partial charge in [-0.05, 0) is 51.2 Å². The molecule has 112 valence electrons. The molecule has 2 N–H and O–H groups in total. The first-order valence-electron chi connectivity index (χ1n) is 7.67. The van der Waals surface area contributed by atoms with Crippen molar-refractivity contribution in [1.82, 2.24) is 9.78 Å². The minimum Gasteiger partial charge on any atom is -0.468 e. The monoisotopic (exact) mass is 285 g/mol. The van der Waals surface area contributed by atoms with Gasteiger partial charge in [-0.3, -0.25) is 0 Å². The Morgan fingerprint density at radius 3 is 2.86 bits per heavy atom. The summed E-state index contributed by atoms with van der Waals surface area (Å²) < 4.78 is 8.19. The standard InChI is InChI=1S/C17H23N3O/c1-11(2)20-17(16(18)12(3)19-20)21-15-10-6-8-13-7-4-5-9-14(13)15/h4-5,7,9,11,15H,6,8,10,18H2,1-3H3. The molecule has 0 amide bonds. The zero-order valence-corrected chi connectivity index (χ0v) is 13.0. The van der Waals surface area contributed by atoms with Crippen LogP contribution in [0.3, 0.4) is 0 Å². The summed E-state index contributed by atoms with van der Waals surface area (Å²) in [5.41, 5.74) is 10.3. The second-order valence-corrected chi connectivity index (χ2v) is 6.04. The van der Waals surface area contributed by atoms with Crippen molar-refractivity contribution in [3.8, 4) is 5.88 Å². The van der Waals surface area contributed by atoms with Crippen LogP contribution < -0.4 is 10.5 Å². The molecule has 1 unspecified atom stereocenters. The lowest BCUT2D eigenvalue weighted by molar-refractivity contribution is 0.163. The van der Waals surface area contributed by atoms with Gasteiger partial charge < -0.3 is 10.5 Å². The first-order valence-corrected chi connectivity index (χ1v) is 7.67. The van der Waals surface area contributed by atoms with Gasteiger partial charge in [-0.2, -0.15) is 5.10 Å². The molecule has 4 heteroatoms. The Balaban J connectivity index is 1.95. The van der Waals surface area contributed by atoms with Crippen LogP contribution in [-0.2, 0) is 6.42 Å². The SMILES string of the molecule is Cc1nn(C(C)C)c(OC2CCCc3ccccc32)c1N. The van der Waals surface area contributed by atoms with Crippen molar-refractivity contribution in [2.75, 3.05) is 5.73 Å². The maximum atomic E-state index is 6.30. The molecule has 1 aromatic carbocycles. The number of hydrogen-bond acceptors (Lipinski definition) is 3. The Kier molecular flexibility index (Phi) is 3.62. The van der Waals surface area contributed by atoms with Crippen LogP contribution >= 0.6 is 0 Å². The fraction of sp³-hybridized carbons (Fsp3) is 0.471. The zero-order valence-electron chi connectivity index (χ0n) is 13.0. The fourth-order valence-corrected chi connectivity index (χ4v) is 2.97. The number of nitrogens with two attached hydrogens (primary N) is 1. The van der Waals surface area contributed by atoms with Gasteiger partial charge in [-0.15, -0.1) is 0 Å². The van der Waals surface area contributed by atoms with E-state index in [9.17, 15) is 0 Å². The molecule has 2 aromatic rings. The third kappa shape index (κ3) is 2.50. The Morgan fingerprint density at radius 1 is 1.33 bits per heavy atom. The molecule has 4 nitrogen and oxygen atoms in total. The lowest BCUT2D eigenvalue weighted by Crippen LogP contribution is -2.18. The van der Waals surface area contributed by atoms with E-state index >= 15 is 0 Å². The van der Waals surface area contributed by atoms with E-state index in [1.165, 1.54) is 11.1 Å². The molecule has 0 fully saturated rings. The molecule has 0 saturated carbocycles. The number of nitrogen functional groups attached to an aromatic ring is 1. The van der Waals surface area contributed by atoms with Gasteiger partial charge in [0.25, 0.3) is 0 Å².